The molecule has 2 rings (SSSR count). The fraction of sp³-hybridized carbons (Fsp3) is 0.533. The molecule has 1 aliphatic rings. The van der Waals surface area contributed by atoms with Crippen LogP contribution in [0, 0.1) is 5.92 Å². The predicted octanol–water partition coefficient (Wildman–Crippen LogP) is 2.76. The molecule has 1 aromatic carbocycles. The van der Waals surface area contributed by atoms with E-state index in [1.165, 1.54) is 6.42 Å². The van der Waals surface area contributed by atoms with Crippen molar-refractivity contribution in [1.29, 1.82) is 0 Å². The minimum Gasteiger partial charge on any atom is -0.497 e. The quantitative estimate of drug-likeness (QED) is 0.843. The van der Waals surface area contributed by atoms with Gasteiger partial charge in [0.25, 0.3) is 0 Å². The molecule has 1 fully saturated rings. The average Bonchev–Trinajstić information content (AvgIpc) is 2.83. The van der Waals surface area contributed by atoms with Crippen LogP contribution in [0.3, 0.4) is 0 Å². The smallest absolute Gasteiger partial charge is 0.224 e. The second kappa shape index (κ2) is 6.80. The Balaban J connectivity index is 1.77. The van der Waals surface area contributed by atoms with Crippen LogP contribution in [0.25, 0.3) is 0 Å². The Hall–Kier alpha value is -1.22. The van der Waals surface area contributed by atoms with Gasteiger partial charge in [0.15, 0.2) is 0 Å². The number of benzene rings is 1. The molecule has 104 valence electrons. The van der Waals surface area contributed by atoms with Crippen molar-refractivity contribution in [2.75, 3.05) is 13.7 Å². The van der Waals surface area contributed by atoms with Crippen LogP contribution in [-0.4, -0.2) is 24.9 Å². The summed E-state index contributed by atoms with van der Waals surface area (Å²) >= 11 is 6.19. The van der Waals surface area contributed by atoms with E-state index in [0.29, 0.717) is 18.9 Å². The molecule has 0 heterocycles. The first-order valence-electron chi connectivity index (χ1n) is 6.72. The van der Waals surface area contributed by atoms with Gasteiger partial charge in [0, 0.05) is 11.9 Å². The van der Waals surface area contributed by atoms with Gasteiger partial charge in [0.1, 0.15) is 5.75 Å². The van der Waals surface area contributed by atoms with Crippen LogP contribution >= 0.6 is 11.6 Å². The normalized spacial score (nSPS) is 22.2. The molecule has 1 N–H and O–H groups in total. The SMILES string of the molecule is COc1ccc(CC(=O)NCC2CCCC2Cl)cc1. The number of carbonyl (C=O) groups excluding carboxylic acids is 1. The van der Waals surface area contributed by atoms with Crippen molar-refractivity contribution in [2.45, 2.75) is 31.1 Å². The molecule has 1 aromatic rings. The first kappa shape index (κ1) is 14.2. The Morgan fingerprint density at radius 2 is 2.11 bits per heavy atom. The van der Waals surface area contributed by atoms with Crippen LogP contribution < -0.4 is 10.1 Å². The molecule has 19 heavy (non-hydrogen) atoms. The summed E-state index contributed by atoms with van der Waals surface area (Å²) in [6, 6.07) is 7.57. The number of nitrogens with one attached hydrogen (secondary N) is 1. The van der Waals surface area contributed by atoms with Crippen LogP contribution in [0.1, 0.15) is 24.8 Å². The topological polar surface area (TPSA) is 38.3 Å². The minimum atomic E-state index is 0.0564. The van der Waals surface area contributed by atoms with Gasteiger partial charge in [-0.1, -0.05) is 18.6 Å². The first-order chi connectivity index (χ1) is 9.19. The lowest BCUT2D eigenvalue weighted by atomic mass is 10.1. The zero-order valence-electron chi connectivity index (χ0n) is 11.2. The van der Waals surface area contributed by atoms with Gasteiger partial charge in [-0.3, -0.25) is 4.79 Å². The standard InChI is InChI=1S/C15H20ClNO2/c1-19-13-7-5-11(6-8-13)9-15(18)17-10-12-3-2-4-14(12)16/h5-8,12,14H,2-4,9-10H2,1H3,(H,17,18). The van der Waals surface area contributed by atoms with Gasteiger partial charge in [-0.15, -0.1) is 11.6 Å². The monoisotopic (exact) mass is 281 g/mol. The summed E-state index contributed by atoms with van der Waals surface area (Å²) in [4.78, 5) is 11.8. The highest BCUT2D eigenvalue weighted by Gasteiger charge is 2.25. The summed E-state index contributed by atoms with van der Waals surface area (Å²) < 4.78 is 5.09. The minimum absolute atomic E-state index is 0.0564. The number of halogens is 1. The number of amides is 1. The largest absolute Gasteiger partial charge is 0.497 e. The van der Waals surface area contributed by atoms with Crippen molar-refractivity contribution in [3.05, 3.63) is 29.8 Å². The van der Waals surface area contributed by atoms with Gasteiger partial charge in [0.05, 0.1) is 13.5 Å². The Labute approximate surface area is 119 Å². The number of hydrogen-bond acceptors (Lipinski definition) is 2. The van der Waals surface area contributed by atoms with Crippen molar-refractivity contribution >= 4 is 17.5 Å². The van der Waals surface area contributed by atoms with E-state index in [9.17, 15) is 4.79 Å². The molecular weight excluding hydrogens is 262 g/mol. The highest BCUT2D eigenvalue weighted by Crippen LogP contribution is 2.29. The third-order valence-corrected chi connectivity index (χ3v) is 4.23. The number of ether oxygens (including phenoxy) is 1. The number of rotatable bonds is 5. The molecule has 2 atom stereocenters. The zero-order valence-corrected chi connectivity index (χ0v) is 12.0. The van der Waals surface area contributed by atoms with E-state index in [1.807, 2.05) is 24.3 Å². The Kier molecular flexibility index (Phi) is 5.08. The van der Waals surface area contributed by atoms with Gasteiger partial charge >= 0.3 is 0 Å². The van der Waals surface area contributed by atoms with E-state index in [0.717, 1.165) is 24.2 Å². The fourth-order valence-corrected chi connectivity index (χ4v) is 2.83. The van der Waals surface area contributed by atoms with Gasteiger partial charge in [-0.2, -0.15) is 0 Å². The average molecular weight is 282 g/mol. The number of methoxy groups -OCH3 is 1. The van der Waals surface area contributed by atoms with E-state index in [1.54, 1.807) is 7.11 Å². The van der Waals surface area contributed by atoms with Crippen molar-refractivity contribution in [3.8, 4) is 5.75 Å². The molecule has 3 nitrogen and oxygen atoms in total. The first-order valence-corrected chi connectivity index (χ1v) is 7.16. The molecule has 0 spiro atoms. The van der Waals surface area contributed by atoms with E-state index in [4.69, 9.17) is 16.3 Å². The maximum atomic E-state index is 11.8. The van der Waals surface area contributed by atoms with E-state index >= 15 is 0 Å². The maximum Gasteiger partial charge on any atom is 0.224 e. The third-order valence-electron chi connectivity index (χ3n) is 3.65. The predicted molar refractivity (Wildman–Crippen MR) is 76.7 cm³/mol. The van der Waals surface area contributed by atoms with Crippen LogP contribution in [0.4, 0.5) is 0 Å². The van der Waals surface area contributed by atoms with Gasteiger partial charge in [-0.25, -0.2) is 0 Å². The Bertz CT molecular complexity index is 419. The summed E-state index contributed by atoms with van der Waals surface area (Å²) in [7, 11) is 1.63. The lowest BCUT2D eigenvalue weighted by Gasteiger charge is -2.14. The van der Waals surface area contributed by atoms with Crippen LogP contribution in [0.15, 0.2) is 24.3 Å². The Morgan fingerprint density at radius 1 is 1.37 bits per heavy atom. The summed E-state index contributed by atoms with van der Waals surface area (Å²) in [6.45, 7) is 0.698. The number of carbonyl (C=O) groups is 1. The lowest BCUT2D eigenvalue weighted by Crippen LogP contribution is -2.32. The van der Waals surface area contributed by atoms with Crippen molar-refractivity contribution in [3.63, 3.8) is 0 Å². The van der Waals surface area contributed by atoms with Gasteiger partial charge in [0.2, 0.25) is 5.91 Å². The molecule has 0 aliphatic heterocycles. The van der Waals surface area contributed by atoms with Crippen LogP contribution in [0.2, 0.25) is 0 Å². The second-order valence-electron chi connectivity index (χ2n) is 5.04. The number of alkyl halides is 1. The molecule has 4 heteroatoms. The van der Waals surface area contributed by atoms with Crippen molar-refractivity contribution < 1.29 is 9.53 Å². The van der Waals surface area contributed by atoms with Gasteiger partial charge < -0.3 is 10.1 Å². The lowest BCUT2D eigenvalue weighted by molar-refractivity contribution is -0.120. The molecule has 0 radical (unpaired) electrons. The zero-order chi connectivity index (χ0) is 13.7. The van der Waals surface area contributed by atoms with E-state index in [2.05, 4.69) is 5.32 Å². The summed E-state index contributed by atoms with van der Waals surface area (Å²) in [5.74, 6) is 1.29. The van der Waals surface area contributed by atoms with Crippen molar-refractivity contribution in [2.24, 2.45) is 5.92 Å². The number of hydrogen-bond donors (Lipinski definition) is 1. The molecule has 2 unspecified atom stereocenters. The summed E-state index contributed by atoms with van der Waals surface area (Å²) in [6.07, 6.45) is 3.77. The highest BCUT2D eigenvalue weighted by molar-refractivity contribution is 6.20. The van der Waals surface area contributed by atoms with E-state index in [-0.39, 0.29) is 11.3 Å². The highest BCUT2D eigenvalue weighted by atomic mass is 35.5. The summed E-state index contributed by atoms with van der Waals surface area (Å²) in [5.41, 5.74) is 0.993. The molecular formula is C15H20ClNO2. The Morgan fingerprint density at radius 3 is 2.68 bits per heavy atom. The molecule has 1 amide bonds. The molecule has 1 aliphatic carbocycles. The third kappa shape index (κ3) is 4.13. The fourth-order valence-electron chi connectivity index (χ4n) is 2.46. The molecule has 1 saturated carbocycles. The maximum absolute atomic E-state index is 11.8. The van der Waals surface area contributed by atoms with Crippen molar-refractivity contribution in [1.82, 2.24) is 5.32 Å². The van der Waals surface area contributed by atoms with Gasteiger partial charge in [-0.05, 0) is 36.5 Å². The second-order valence-corrected chi connectivity index (χ2v) is 5.60. The molecule has 0 saturated heterocycles. The van der Waals surface area contributed by atoms with Crippen LogP contribution in [0.5, 0.6) is 5.75 Å². The molecule has 0 aromatic heterocycles. The van der Waals surface area contributed by atoms with E-state index < -0.39 is 0 Å². The molecule has 0 bridgehead atoms. The summed E-state index contributed by atoms with van der Waals surface area (Å²) in [5, 5.41) is 3.20. The van der Waals surface area contributed by atoms with Crippen LogP contribution in [-0.2, 0) is 11.2 Å².